The molecule has 0 aromatic heterocycles. The lowest BCUT2D eigenvalue weighted by Crippen LogP contribution is -2.53. The van der Waals surface area contributed by atoms with Crippen molar-refractivity contribution in [1.82, 2.24) is 10.6 Å². The quantitative estimate of drug-likeness (QED) is 0.571. The second-order valence-electron chi connectivity index (χ2n) is 4.05. The van der Waals surface area contributed by atoms with Gasteiger partial charge < -0.3 is 16.4 Å². The number of amides is 3. The van der Waals surface area contributed by atoms with E-state index in [1.165, 1.54) is 13.8 Å². The first-order valence-corrected chi connectivity index (χ1v) is 5.12. The van der Waals surface area contributed by atoms with Gasteiger partial charge in [0.1, 0.15) is 12.1 Å². The number of nitrogens with one attached hydrogen (secondary N) is 2. The monoisotopic (exact) mass is 229 g/mol. The molecular formula is C10H19N3O3. The highest BCUT2D eigenvalue weighted by molar-refractivity contribution is 5.91. The van der Waals surface area contributed by atoms with Gasteiger partial charge in [-0.2, -0.15) is 0 Å². The van der Waals surface area contributed by atoms with E-state index in [1.54, 1.807) is 13.8 Å². The SMILES string of the molecule is CC(=O)N[C@@H](C(=O)N[C@@H](C)C(N)=O)C(C)C. The smallest absolute Gasteiger partial charge is 0.243 e. The van der Waals surface area contributed by atoms with Crippen LogP contribution in [-0.4, -0.2) is 29.8 Å². The van der Waals surface area contributed by atoms with Gasteiger partial charge >= 0.3 is 0 Å². The molecule has 0 aliphatic heterocycles. The minimum atomic E-state index is -0.748. The van der Waals surface area contributed by atoms with Crippen molar-refractivity contribution in [2.45, 2.75) is 39.8 Å². The lowest BCUT2D eigenvalue weighted by molar-refractivity contribution is -0.131. The molecule has 3 amide bonds. The van der Waals surface area contributed by atoms with Gasteiger partial charge in [0.25, 0.3) is 0 Å². The summed E-state index contributed by atoms with van der Waals surface area (Å²) in [7, 11) is 0. The molecule has 0 spiro atoms. The van der Waals surface area contributed by atoms with Gasteiger partial charge in [0.05, 0.1) is 0 Å². The fraction of sp³-hybridized carbons (Fsp3) is 0.700. The molecule has 2 atom stereocenters. The second kappa shape index (κ2) is 6.09. The van der Waals surface area contributed by atoms with Gasteiger partial charge in [0, 0.05) is 6.92 Å². The molecule has 0 saturated heterocycles. The van der Waals surface area contributed by atoms with Gasteiger partial charge in [0.2, 0.25) is 17.7 Å². The van der Waals surface area contributed by atoms with E-state index in [0.717, 1.165) is 0 Å². The number of rotatable bonds is 5. The number of primary amides is 1. The largest absolute Gasteiger partial charge is 0.368 e. The van der Waals surface area contributed by atoms with Gasteiger partial charge in [-0.1, -0.05) is 13.8 Å². The van der Waals surface area contributed by atoms with Crippen molar-refractivity contribution >= 4 is 17.7 Å². The van der Waals surface area contributed by atoms with Crippen LogP contribution in [0.2, 0.25) is 0 Å². The van der Waals surface area contributed by atoms with Gasteiger partial charge in [-0.05, 0) is 12.8 Å². The zero-order valence-corrected chi connectivity index (χ0v) is 10.0. The summed E-state index contributed by atoms with van der Waals surface area (Å²) >= 11 is 0. The van der Waals surface area contributed by atoms with Gasteiger partial charge in [-0.15, -0.1) is 0 Å². The molecule has 0 aromatic rings. The summed E-state index contributed by atoms with van der Waals surface area (Å²) in [5.41, 5.74) is 5.02. The summed E-state index contributed by atoms with van der Waals surface area (Å²) in [6, 6.07) is -1.40. The molecule has 0 bridgehead atoms. The predicted octanol–water partition coefficient (Wildman–Crippen LogP) is -0.863. The number of carbonyl (C=O) groups excluding carboxylic acids is 3. The summed E-state index contributed by atoms with van der Waals surface area (Å²) in [6.45, 7) is 6.43. The molecule has 0 rings (SSSR count). The molecule has 6 heteroatoms. The Morgan fingerprint density at radius 1 is 1.06 bits per heavy atom. The van der Waals surface area contributed by atoms with Crippen molar-refractivity contribution in [2.24, 2.45) is 11.7 Å². The first-order chi connectivity index (χ1) is 7.25. The highest BCUT2D eigenvalue weighted by Crippen LogP contribution is 2.02. The van der Waals surface area contributed by atoms with Crippen LogP contribution in [0.25, 0.3) is 0 Å². The van der Waals surface area contributed by atoms with Crippen LogP contribution in [0.15, 0.2) is 0 Å². The highest BCUT2D eigenvalue weighted by Gasteiger charge is 2.25. The maximum absolute atomic E-state index is 11.7. The summed E-state index contributed by atoms with van der Waals surface area (Å²) in [5.74, 6) is -1.38. The lowest BCUT2D eigenvalue weighted by Gasteiger charge is -2.22. The van der Waals surface area contributed by atoms with E-state index in [9.17, 15) is 14.4 Å². The van der Waals surface area contributed by atoms with Crippen molar-refractivity contribution in [1.29, 1.82) is 0 Å². The molecule has 0 aliphatic rings. The van der Waals surface area contributed by atoms with Gasteiger partial charge in [-0.25, -0.2) is 0 Å². The molecule has 0 fully saturated rings. The Kier molecular flexibility index (Phi) is 5.49. The van der Waals surface area contributed by atoms with Gasteiger partial charge in [-0.3, -0.25) is 14.4 Å². The first-order valence-electron chi connectivity index (χ1n) is 5.12. The fourth-order valence-electron chi connectivity index (χ4n) is 1.13. The zero-order valence-electron chi connectivity index (χ0n) is 10.0. The van der Waals surface area contributed by atoms with Crippen LogP contribution in [-0.2, 0) is 14.4 Å². The Morgan fingerprint density at radius 2 is 1.56 bits per heavy atom. The third-order valence-corrected chi connectivity index (χ3v) is 2.09. The number of carbonyl (C=O) groups is 3. The van der Waals surface area contributed by atoms with Crippen molar-refractivity contribution in [3.63, 3.8) is 0 Å². The predicted molar refractivity (Wildman–Crippen MR) is 59.2 cm³/mol. The topological polar surface area (TPSA) is 101 Å². The molecule has 0 aliphatic carbocycles. The van der Waals surface area contributed by atoms with Crippen molar-refractivity contribution in [3.05, 3.63) is 0 Å². The summed E-state index contributed by atoms with van der Waals surface area (Å²) in [5, 5.41) is 4.96. The Balaban J connectivity index is 4.50. The number of nitrogens with two attached hydrogens (primary N) is 1. The molecule has 0 saturated carbocycles. The van der Waals surface area contributed by atoms with Crippen LogP contribution in [0.5, 0.6) is 0 Å². The van der Waals surface area contributed by atoms with E-state index in [2.05, 4.69) is 10.6 Å². The minimum Gasteiger partial charge on any atom is -0.368 e. The van der Waals surface area contributed by atoms with Gasteiger partial charge in [0.15, 0.2) is 0 Å². The Labute approximate surface area is 94.9 Å². The third kappa shape index (κ3) is 4.77. The van der Waals surface area contributed by atoms with Crippen LogP contribution < -0.4 is 16.4 Å². The fourth-order valence-corrected chi connectivity index (χ4v) is 1.13. The van der Waals surface area contributed by atoms with Crippen LogP contribution in [0.3, 0.4) is 0 Å². The van der Waals surface area contributed by atoms with E-state index < -0.39 is 23.9 Å². The normalized spacial score (nSPS) is 14.1. The molecule has 6 nitrogen and oxygen atoms in total. The molecule has 16 heavy (non-hydrogen) atoms. The third-order valence-electron chi connectivity index (χ3n) is 2.09. The van der Waals surface area contributed by atoms with E-state index in [-0.39, 0.29) is 11.8 Å². The molecule has 0 radical (unpaired) electrons. The maximum atomic E-state index is 11.7. The minimum absolute atomic E-state index is 0.0658. The van der Waals surface area contributed by atoms with Crippen molar-refractivity contribution < 1.29 is 14.4 Å². The Hall–Kier alpha value is -1.59. The molecular weight excluding hydrogens is 210 g/mol. The standard InChI is InChI=1S/C10H19N3O3/c1-5(2)8(13-7(4)14)10(16)12-6(3)9(11)15/h5-6,8H,1-4H3,(H2,11,15)(H,12,16)(H,13,14)/t6-,8+/m0/s1. The van der Waals surface area contributed by atoms with Crippen LogP contribution >= 0.6 is 0 Å². The van der Waals surface area contributed by atoms with Crippen LogP contribution in [0.4, 0.5) is 0 Å². The van der Waals surface area contributed by atoms with E-state index in [0.29, 0.717) is 0 Å². The van der Waals surface area contributed by atoms with E-state index >= 15 is 0 Å². The van der Waals surface area contributed by atoms with Crippen molar-refractivity contribution in [3.8, 4) is 0 Å². The van der Waals surface area contributed by atoms with Crippen LogP contribution in [0.1, 0.15) is 27.7 Å². The zero-order chi connectivity index (χ0) is 12.9. The Bertz CT molecular complexity index is 289. The summed E-state index contributed by atoms with van der Waals surface area (Å²) in [4.78, 5) is 33.4. The van der Waals surface area contributed by atoms with E-state index in [4.69, 9.17) is 5.73 Å². The first kappa shape index (κ1) is 14.4. The molecule has 4 N–H and O–H groups in total. The number of hydrogen-bond donors (Lipinski definition) is 3. The average Bonchev–Trinajstić information content (AvgIpc) is 2.12. The lowest BCUT2D eigenvalue weighted by atomic mass is 10.0. The summed E-state index contributed by atoms with van der Waals surface area (Å²) in [6.07, 6.45) is 0. The highest BCUT2D eigenvalue weighted by atomic mass is 16.2. The molecule has 92 valence electrons. The van der Waals surface area contributed by atoms with E-state index in [1.807, 2.05) is 0 Å². The molecule has 0 aromatic carbocycles. The number of hydrogen-bond acceptors (Lipinski definition) is 3. The second-order valence-corrected chi connectivity index (χ2v) is 4.05. The summed E-state index contributed by atoms with van der Waals surface area (Å²) < 4.78 is 0. The molecule has 0 unspecified atom stereocenters. The molecule has 0 heterocycles. The Morgan fingerprint density at radius 3 is 1.88 bits per heavy atom. The van der Waals surface area contributed by atoms with Crippen molar-refractivity contribution in [2.75, 3.05) is 0 Å². The average molecular weight is 229 g/mol. The van der Waals surface area contributed by atoms with Crippen LogP contribution in [0, 0.1) is 5.92 Å². The maximum Gasteiger partial charge on any atom is 0.243 e.